The summed E-state index contributed by atoms with van der Waals surface area (Å²) >= 11 is 0. The van der Waals surface area contributed by atoms with Gasteiger partial charge < -0.3 is 9.42 Å². The molecule has 4 rings (SSSR count). The van der Waals surface area contributed by atoms with Crippen molar-refractivity contribution in [1.29, 1.82) is 0 Å². The Balaban J connectivity index is 1.52. The van der Waals surface area contributed by atoms with Gasteiger partial charge in [0.2, 0.25) is 5.76 Å². The zero-order chi connectivity index (χ0) is 17.2. The predicted octanol–water partition coefficient (Wildman–Crippen LogP) is 5.01. The molecule has 1 aromatic heterocycles. The van der Waals surface area contributed by atoms with Crippen LogP contribution in [0, 0.1) is 6.92 Å². The fraction of sp³-hybridized carbons (Fsp3) is 0.524. The van der Waals surface area contributed by atoms with E-state index in [-0.39, 0.29) is 11.9 Å². The number of amides is 1. The monoisotopic (exact) mass is 338 g/mol. The highest BCUT2D eigenvalue weighted by atomic mass is 16.5. The zero-order valence-electron chi connectivity index (χ0n) is 14.9. The smallest absolute Gasteiger partial charge is 0.292 e. The highest BCUT2D eigenvalue weighted by Gasteiger charge is 2.33. The van der Waals surface area contributed by atoms with Crippen molar-refractivity contribution in [2.24, 2.45) is 0 Å². The Morgan fingerprint density at radius 2 is 1.96 bits per heavy atom. The lowest BCUT2D eigenvalue weighted by atomic mass is 9.87. The topological polar surface area (TPSA) is 46.3 Å². The van der Waals surface area contributed by atoms with Crippen molar-refractivity contribution in [3.63, 3.8) is 0 Å². The second-order valence-corrected chi connectivity index (χ2v) is 7.52. The van der Waals surface area contributed by atoms with E-state index in [4.69, 9.17) is 4.52 Å². The van der Waals surface area contributed by atoms with E-state index in [1.165, 1.54) is 30.4 Å². The lowest BCUT2D eigenvalue weighted by Gasteiger charge is -2.24. The van der Waals surface area contributed by atoms with Crippen LogP contribution >= 0.6 is 0 Å². The number of hydrogen-bond donors (Lipinski definition) is 0. The molecule has 25 heavy (non-hydrogen) atoms. The van der Waals surface area contributed by atoms with Crippen LogP contribution in [0.15, 0.2) is 34.9 Å². The van der Waals surface area contributed by atoms with Crippen molar-refractivity contribution in [3.05, 3.63) is 52.9 Å². The summed E-state index contributed by atoms with van der Waals surface area (Å²) in [4.78, 5) is 15.0. The molecule has 4 nitrogen and oxygen atoms in total. The van der Waals surface area contributed by atoms with E-state index in [0.717, 1.165) is 37.9 Å². The van der Waals surface area contributed by atoms with Gasteiger partial charge in [-0.1, -0.05) is 54.2 Å². The summed E-state index contributed by atoms with van der Waals surface area (Å²) in [6.07, 6.45) is 8.19. The van der Waals surface area contributed by atoms with E-state index < -0.39 is 0 Å². The van der Waals surface area contributed by atoms with Crippen LogP contribution in [-0.2, 0) is 0 Å². The van der Waals surface area contributed by atoms with Crippen molar-refractivity contribution in [2.45, 2.75) is 63.8 Å². The molecule has 1 aliphatic carbocycles. The van der Waals surface area contributed by atoms with Gasteiger partial charge in [0.1, 0.15) is 0 Å². The Kier molecular flexibility index (Phi) is 4.60. The fourth-order valence-corrected chi connectivity index (χ4v) is 4.36. The summed E-state index contributed by atoms with van der Waals surface area (Å²) in [6, 6.07) is 10.5. The van der Waals surface area contributed by atoms with E-state index >= 15 is 0 Å². The first kappa shape index (κ1) is 16.4. The van der Waals surface area contributed by atoms with Gasteiger partial charge in [0, 0.05) is 18.5 Å². The number of benzene rings is 1. The standard InChI is InChI=1S/C21H26N2O2/c1-15-7-5-10-17(13-15)19-11-6-12-23(19)21(24)20-14-18(22-25-20)16-8-3-2-4-9-16/h5,7,10,13-14,16,19H,2-4,6,8-9,11-12H2,1H3/t19-/m1/s1. The third-order valence-corrected chi connectivity index (χ3v) is 5.70. The molecule has 0 N–H and O–H groups in total. The lowest BCUT2D eigenvalue weighted by molar-refractivity contribution is 0.0693. The molecule has 0 unspecified atom stereocenters. The Morgan fingerprint density at radius 3 is 2.76 bits per heavy atom. The molecule has 0 spiro atoms. The number of carbonyl (C=O) groups excluding carboxylic acids is 1. The van der Waals surface area contributed by atoms with Crippen molar-refractivity contribution in [3.8, 4) is 0 Å². The zero-order valence-corrected chi connectivity index (χ0v) is 14.9. The molecule has 2 aromatic rings. The lowest BCUT2D eigenvalue weighted by Crippen LogP contribution is -2.30. The van der Waals surface area contributed by atoms with Crippen LogP contribution in [0.4, 0.5) is 0 Å². The summed E-state index contributed by atoms with van der Waals surface area (Å²) in [6.45, 7) is 2.88. The molecular weight excluding hydrogens is 312 g/mol. The van der Waals surface area contributed by atoms with Crippen LogP contribution in [-0.4, -0.2) is 22.5 Å². The summed E-state index contributed by atoms with van der Waals surface area (Å²) in [5, 5.41) is 4.22. The van der Waals surface area contributed by atoms with Crippen LogP contribution in [0.5, 0.6) is 0 Å². The van der Waals surface area contributed by atoms with Crippen LogP contribution < -0.4 is 0 Å². The first-order valence-electron chi connectivity index (χ1n) is 9.56. The molecule has 4 heteroatoms. The second-order valence-electron chi connectivity index (χ2n) is 7.52. The fourth-order valence-electron chi connectivity index (χ4n) is 4.36. The third-order valence-electron chi connectivity index (χ3n) is 5.70. The Labute approximate surface area is 149 Å². The number of aryl methyl sites for hydroxylation is 1. The van der Waals surface area contributed by atoms with Gasteiger partial charge in [0.25, 0.3) is 5.91 Å². The molecule has 2 heterocycles. The van der Waals surface area contributed by atoms with E-state index in [9.17, 15) is 4.79 Å². The molecule has 1 aromatic carbocycles. The van der Waals surface area contributed by atoms with Gasteiger partial charge in [-0.3, -0.25) is 4.79 Å². The SMILES string of the molecule is Cc1cccc([C@H]2CCCN2C(=O)c2cc(C3CCCCC3)no2)c1. The summed E-state index contributed by atoms with van der Waals surface area (Å²) in [5.41, 5.74) is 3.42. The van der Waals surface area contributed by atoms with Gasteiger partial charge in [0.05, 0.1) is 11.7 Å². The van der Waals surface area contributed by atoms with Crippen molar-refractivity contribution < 1.29 is 9.32 Å². The molecule has 1 aliphatic heterocycles. The highest BCUT2D eigenvalue weighted by molar-refractivity contribution is 5.92. The van der Waals surface area contributed by atoms with Crippen LogP contribution in [0.1, 0.15) is 84.3 Å². The van der Waals surface area contributed by atoms with Crippen LogP contribution in [0.2, 0.25) is 0 Å². The second kappa shape index (κ2) is 7.03. The molecule has 1 saturated carbocycles. The summed E-state index contributed by atoms with van der Waals surface area (Å²) < 4.78 is 5.46. The van der Waals surface area contributed by atoms with Gasteiger partial charge in [-0.05, 0) is 38.2 Å². The van der Waals surface area contributed by atoms with Gasteiger partial charge in [-0.15, -0.1) is 0 Å². The first-order valence-corrected chi connectivity index (χ1v) is 9.56. The number of aromatic nitrogens is 1. The van der Waals surface area contributed by atoms with Gasteiger partial charge in [0.15, 0.2) is 0 Å². The molecule has 1 amide bonds. The minimum atomic E-state index is -0.0152. The van der Waals surface area contributed by atoms with E-state index in [0.29, 0.717) is 11.7 Å². The molecule has 0 radical (unpaired) electrons. The molecule has 0 bridgehead atoms. The Morgan fingerprint density at radius 1 is 1.12 bits per heavy atom. The van der Waals surface area contributed by atoms with Gasteiger partial charge in [-0.25, -0.2) is 0 Å². The predicted molar refractivity (Wildman–Crippen MR) is 96.5 cm³/mol. The van der Waals surface area contributed by atoms with Crippen LogP contribution in [0.25, 0.3) is 0 Å². The Hall–Kier alpha value is -2.10. The molecule has 132 valence electrons. The minimum Gasteiger partial charge on any atom is -0.351 e. The average molecular weight is 338 g/mol. The molecule has 2 aliphatic rings. The average Bonchev–Trinajstić information content (AvgIpc) is 3.32. The minimum absolute atomic E-state index is 0.0152. The van der Waals surface area contributed by atoms with Crippen molar-refractivity contribution >= 4 is 5.91 Å². The third kappa shape index (κ3) is 3.35. The number of nitrogens with zero attached hydrogens (tertiary/aromatic N) is 2. The van der Waals surface area contributed by atoms with Crippen molar-refractivity contribution in [1.82, 2.24) is 10.1 Å². The normalized spacial score (nSPS) is 21.6. The van der Waals surface area contributed by atoms with E-state index in [2.05, 4.69) is 36.3 Å². The van der Waals surface area contributed by atoms with Crippen LogP contribution in [0.3, 0.4) is 0 Å². The van der Waals surface area contributed by atoms with E-state index in [1.807, 2.05) is 11.0 Å². The van der Waals surface area contributed by atoms with Gasteiger partial charge in [-0.2, -0.15) is 0 Å². The largest absolute Gasteiger partial charge is 0.351 e. The maximum atomic E-state index is 13.0. The van der Waals surface area contributed by atoms with Gasteiger partial charge >= 0.3 is 0 Å². The number of carbonyl (C=O) groups is 1. The molecular formula is C21H26N2O2. The summed E-state index contributed by atoms with van der Waals surface area (Å²) in [5.74, 6) is 0.851. The highest BCUT2D eigenvalue weighted by Crippen LogP contribution is 2.35. The number of hydrogen-bond acceptors (Lipinski definition) is 3. The molecule has 1 atom stereocenters. The molecule has 1 saturated heterocycles. The first-order chi connectivity index (χ1) is 12.2. The maximum absolute atomic E-state index is 13.0. The number of rotatable bonds is 3. The summed E-state index contributed by atoms with van der Waals surface area (Å²) in [7, 11) is 0. The van der Waals surface area contributed by atoms with E-state index in [1.54, 1.807) is 0 Å². The quantitative estimate of drug-likeness (QED) is 0.790. The van der Waals surface area contributed by atoms with Crippen molar-refractivity contribution in [2.75, 3.05) is 6.54 Å². The number of likely N-dealkylation sites (tertiary alicyclic amines) is 1. The Bertz CT molecular complexity index is 746. The molecule has 2 fully saturated rings. The maximum Gasteiger partial charge on any atom is 0.292 e.